The maximum Gasteiger partial charge on any atom is 0.220 e. The van der Waals surface area contributed by atoms with E-state index in [1.54, 1.807) is 0 Å². The zero-order chi connectivity index (χ0) is 21.4. The van der Waals surface area contributed by atoms with Gasteiger partial charge in [-0.3, -0.25) is 0 Å². The van der Waals surface area contributed by atoms with Gasteiger partial charge in [0.15, 0.2) is 6.20 Å². The fraction of sp³-hybridized carbons (Fsp3) is 0.250. The molecular weight excluding hydrogens is 330 g/mol. The minimum absolute atomic E-state index is 0.460. The Kier molecular flexibility index (Phi) is 2.71. The van der Waals surface area contributed by atoms with E-state index in [0.717, 1.165) is 50.4 Å². The van der Waals surface area contributed by atoms with Gasteiger partial charge >= 0.3 is 0 Å². The van der Waals surface area contributed by atoms with E-state index in [2.05, 4.69) is 51.4 Å². The van der Waals surface area contributed by atoms with Crippen LogP contribution in [-0.4, -0.2) is 9.55 Å². The molecule has 0 N–H and O–H groups in total. The number of imidazole rings is 1. The molecule has 3 heteroatoms. The predicted molar refractivity (Wildman–Crippen MR) is 109 cm³/mol. The summed E-state index contributed by atoms with van der Waals surface area (Å²) >= 11 is 0. The summed E-state index contributed by atoms with van der Waals surface area (Å²) in [6.07, 6.45) is 4.60. The minimum Gasteiger partial charge on any atom is -0.303 e. The van der Waals surface area contributed by atoms with Crippen LogP contribution in [0.5, 0.6) is 0 Å². The van der Waals surface area contributed by atoms with Crippen LogP contribution < -0.4 is 4.57 Å². The van der Waals surface area contributed by atoms with Gasteiger partial charge in [-0.2, -0.15) is 0 Å². The molecule has 0 spiro atoms. The van der Waals surface area contributed by atoms with E-state index >= 15 is 0 Å². The largest absolute Gasteiger partial charge is 0.303 e. The lowest BCUT2D eigenvalue weighted by Gasteiger charge is -2.15. The molecule has 3 heterocycles. The van der Waals surface area contributed by atoms with Crippen molar-refractivity contribution in [2.24, 2.45) is 7.05 Å². The molecule has 0 saturated carbocycles. The Morgan fingerprint density at radius 2 is 1.96 bits per heavy atom. The number of aryl methyl sites for hydroxylation is 3. The average molecular weight is 357 g/mol. The van der Waals surface area contributed by atoms with Gasteiger partial charge in [-0.05, 0) is 61.8 Å². The van der Waals surface area contributed by atoms with Gasteiger partial charge in [0.05, 0.1) is 22.3 Å². The Balaban J connectivity index is 1.90. The van der Waals surface area contributed by atoms with E-state index in [1.165, 1.54) is 5.56 Å². The fourth-order valence-electron chi connectivity index (χ4n) is 4.33. The Labute approximate surface area is 164 Å². The maximum atomic E-state index is 8.29. The number of benzene rings is 2. The van der Waals surface area contributed by atoms with E-state index in [0.29, 0.717) is 12.0 Å². The first-order chi connectivity index (χ1) is 14.1. The van der Waals surface area contributed by atoms with Crippen molar-refractivity contribution in [2.75, 3.05) is 0 Å². The molecule has 4 aromatic rings. The highest BCUT2D eigenvalue weighted by molar-refractivity contribution is 5.94. The number of nitrogens with zero attached hydrogens (tertiary/aromatic N) is 3. The normalized spacial score (nSPS) is 14.6. The van der Waals surface area contributed by atoms with Crippen LogP contribution in [0, 0.1) is 27.6 Å². The molecule has 3 nitrogen and oxygen atoms in total. The third-order valence-electron chi connectivity index (χ3n) is 5.71. The van der Waals surface area contributed by atoms with E-state index in [4.69, 9.17) is 4.11 Å². The number of hydrogen-bond donors (Lipinski definition) is 0. The van der Waals surface area contributed by atoms with Crippen molar-refractivity contribution in [1.29, 1.82) is 0 Å². The summed E-state index contributed by atoms with van der Waals surface area (Å²) in [4.78, 5) is 4.61. The van der Waals surface area contributed by atoms with Crippen molar-refractivity contribution in [2.45, 2.75) is 34.0 Å². The summed E-state index contributed by atoms with van der Waals surface area (Å²) in [5, 5.41) is 2.27. The zero-order valence-corrected chi connectivity index (χ0v) is 16.1. The summed E-state index contributed by atoms with van der Waals surface area (Å²) in [6, 6.07) is 10.7. The summed E-state index contributed by atoms with van der Waals surface area (Å²) in [7, 11) is 2.02. The van der Waals surface area contributed by atoms with Crippen LogP contribution in [0.15, 0.2) is 42.7 Å². The maximum absolute atomic E-state index is 8.29. The number of aromatic nitrogens is 3. The van der Waals surface area contributed by atoms with E-state index in [-0.39, 0.29) is 0 Å². The Morgan fingerprint density at radius 3 is 2.78 bits per heavy atom. The lowest BCUT2D eigenvalue weighted by molar-refractivity contribution is -0.659. The highest BCUT2D eigenvalue weighted by Crippen LogP contribution is 2.38. The van der Waals surface area contributed by atoms with Crippen molar-refractivity contribution in [3.63, 3.8) is 0 Å². The number of fused-ring (bicyclic) bond motifs is 4. The van der Waals surface area contributed by atoms with Gasteiger partial charge in [0.2, 0.25) is 5.69 Å². The van der Waals surface area contributed by atoms with Crippen LogP contribution in [0.2, 0.25) is 0 Å². The molecule has 2 aromatic carbocycles. The molecular formula is C24H24N3+. The summed E-state index contributed by atoms with van der Waals surface area (Å²) in [5.74, 6) is 0.905. The molecule has 2 aromatic heterocycles. The second-order valence-electron chi connectivity index (χ2n) is 7.63. The van der Waals surface area contributed by atoms with E-state index < -0.39 is 6.85 Å². The van der Waals surface area contributed by atoms with Gasteiger partial charge in [0.1, 0.15) is 12.9 Å². The quantitative estimate of drug-likeness (QED) is 0.400. The Hall–Kier alpha value is -2.94. The first-order valence-corrected chi connectivity index (χ1v) is 9.26. The van der Waals surface area contributed by atoms with E-state index in [1.807, 2.05) is 33.3 Å². The average Bonchev–Trinajstić information content (AvgIpc) is 3.16. The van der Waals surface area contributed by atoms with Gasteiger partial charge in [0, 0.05) is 22.8 Å². The second kappa shape index (κ2) is 5.53. The fourth-order valence-corrected chi connectivity index (χ4v) is 4.33. The SMILES string of the molecule is [2H]C([2H])([2H])c1c(C)c(-c2c3ccc(C)cc3cc[n+]2C)cc2c1Cc1nc(C)cn1-2. The second-order valence-corrected chi connectivity index (χ2v) is 7.63. The number of rotatable bonds is 1. The highest BCUT2D eigenvalue weighted by Gasteiger charge is 2.27. The summed E-state index contributed by atoms with van der Waals surface area (Å²) in [5.41, 5.74) is 7.22. The monoisotopic (exact) mass is 357 g/mol. The van der Waals surface area contributed by atoms with Crippen LogP contribution >= 0.6 is 0 Å². The third kappa shape index (κ3) is 2.27. The Bertz CT molecular complexity index is 1350. The first kappa shape index (κ1) is 13.3. The van der Waals surface area contributed by atoms with E-state index in [9.17, 15) is 0 Å². The molecule has 27 heavy (non-hydrogen) atoms. The van der Waals surface area contributed by atoms with Gasteiger partial charge in [-0.15, -0.1) is 0 Å². The standard InChI is InChI=1S/C24H24N3/c1-14-6-7-19-18(10-14)8-9-26(5)24(19)21-11-22-20(16(3)17(21)4)12-23-25-15(2)13-27(22)23/h6-11,13H,12H2,1-5H3/q+1/i3D3. The van der Waals surface area contributed by atoms with Gasteiger partial charge in [-0.1, -0.05) is 17.7 Å². The summed E-state index contributed by atoms with van der Waals surface area (Å²) in [6.45, 7) is 3.81. The molecule has 134 valence electrons. The molecule has 0 aliphatic carbocycles. The molecule has 0 unspecified atom stereocenters. The van der Waals surface area contributed by atoms with Gasteiger partial charge in [0.25, 0.3) is 0 Å². The smallest absolute Gasteiger partial charge is 0.220 e. The van der Waals surface area contributed by atoms with Crippen molar-refractivity contribution < 1.29 is 8.68 Å². The zero-order valence-electron chi connectivity index (χ0n) is 19.1. The third-order valence-corrected chi connectivity index (χ3v) is 5.71. The van der Waals surface area contributed by atoms with Crippen molar-refractivity contribution in [1.82, 2.24) is 9.55 Å². The van der Waals surface area contributed by atoms with Crippen molar-refractivity contribution >= 4 is 10.8 Å². The van der Waals surface area contributed by atoms with Crippen molar-refractivity contribution in [3.05, 3.63) is 76.5 Å². The lowest BCUT2D eigenvalue weighted by Crippen LogP contribution is -2.31. The van der Waals surface area contributed by atoms with Crippen LogP contribution in [0.1, 0.15) is 37.9 Å². The molecule has 1 aliphatic heterocycles. The first-order valence-electron chi connectivity index (χ1n) is 10.8. The molecule has 0 amide bonds. The Morgan fingerprint density at radius 1 is 1.11 bits per heavy atom. The summed E-state index contributed by atoms with van der Waals surface area (Å²) < 4.78 is 29.0. The molecule has 0 fully saturated rings. The molecule has 0 radical (unpaired) electrons. The topological polar surface area (TPSA) is 21.7 Å². The van der Waals surface area contributed by atoms with Crippen LogP contribution in [0.4, 0.5) is 0 Å². The highest BCUT2D eigenvalue weighted by atomic mass is 15.1. The van der Waals surface area contributed by atoms with Crippen LogP contribution in [0.25, 0.3) is 27.7 Å². The lowest BCUT2D eigenvalue weighted by atomic mass is 9.91. The molecule has 5 rings (SSSR count). The molecule has 0 bridgehead atoms. The molecule has 0 saturated heterocycles. The molecule has 1 aliphatic rings. The molecule has 0 atom stereocenters. The minimum atomic E-state index is -2.19. The van der Waals surface area contributed by atoms with Gasteiger partial charge in [-0.25, -0.2) is 9.55 Å². The van der Waals surface area contributed by atoms with Crippen LogP contribution in [0.3, 0.4) is 0 Å². The number of pyridine rings is 1. The number of hydrogen-bond acceptors (Lipinski definition) is 1. The van der Waals surface area contributed by atoms with Gasteiger partial charge < -0.3 is 4.57 Å². The van der Waals surface area contributed by atoms with Crippen molar-refractivity contribution in [3.8, 4) is 16.9 Å². The van der Waals surface area contributed by atoms with Crippen LogP contribution in [-0.2, 0) is 13.5 Å². The predicted octanol–water partition coefficient (Wildman–Crippen LogP) is 4.65.